The zero-order chi connectivity index (χ0) is 37.9. The standard InChI is InChI=1S/C39H42F3IN7O4S.Ce/c1-18(51)25-16-53-34-28-32(29(42)27(30(34)43)22-5-6-24(41)35-23(22)11-26(44)55-35)46-38(54-17-39-8-2-9-49(39)15-21(40)12-39)47-36(28)50(25)14-19-7-10-48(13-19)37(52)33-31(45-33)20-3-4-20;/h5-6,18-21,25,31,33,45,51H,2-4,7-10,12-17,44H2,1H3;/q-1;/t18?,19?,21-,25?,31+,33-,39+;/m1./s1. The van der Waals surface area contributed by atoms with Gasteiger partial charge in [-0.25, -0.2) is 13.2 Å². The quantitative estimate of drug-likeness (QED) is 0.115. The first-order chi connectivity index (χ1) is 26.5. The van der Waals surface area contributed by atoms with Gasteiger partial charge in [-0.05, 0) is 96.3 Å². The smallest absolute Gasteiger partial charge is 0.319 e. The number of hydrogen-bond acceptors (Lipinski definition) is 11. The third-order valence-electron chi connectivity index (χ3n) is 12.7. The molecule has 6 aliphatic rings. The van der Waals surface area contributed by atoms with Gasteiger partial charge in [-0.1, -0.05) is 0 Å². The van der Waals surface area contributed by atoms with Crippen molar-refractivity contribution in [3.8, 4) is 22.9 Å². The molecule has 2 aromatic carbocycles. The minimum absolute atomic E-state index is 0. The molecule has 296 valence electrons. The molecule has 11 nitrogen and oxygen atoms in total. The molecule has 0 spiro atoms. The van der Waals surface area contributed by atoms with Gasteiger partial charge in [0.05, 0.1) is 32.5 Å². The summed E-state index contributed by atoms with van der Waals surface area (Å²) >= 11 is 3.10. The van der Waals surface area contributed by atoms with Gasteiger partial charge in [0, 0.05) is 85.4 Å². The molecule has 4 aromatic rings. The molecule has 56 heavy (non-hydrogen) atoms. The molecule has 0 bridgehead atoms. The SMILES string of the molecule is CC(O)C1COc2c(I)c(-c3ccc(F)c4sc(N)[c-]c34)c(F)c3nc(OC[C@@]45CCCN4C[C@H](F)C5)nc(c23)N1CC1CCN(C(=O)[C@@H]2N[C@H]2C2CC2)C1.[Ce]. The number of hydrogen-bond donors (Lipinski definition) is 3. The van der Waals surface area contributed by atoms with Crippen molar-refractivity contribution in [3.63, 3.8) is 0 Å². The van der Waals surface area contributed by atoms with E-state index in [9.17, 15) is 18.7 Å². The summed E-state index contributed by atoms with van der Waals surface area (Å²) in [5.74, 6) is 0.332. The largest absolute Gasteiger partial charge is 0.489 e. The van der Waals surface area contributed by atoms with E-state index in [0.29, 0.717) is 70.0 Å². The number of nitrogens with one attached hydrogen (secondary N) is 1. The Labute approximate surface area is 373 Å². The molecule has 17 heteroatoms. The van der Waals surface area contributed by atoms with Crippen LogP contribution in [0.15, 0.2) is 12.1 Å². The summed E-state index contributed by atoms with van der Waals surface area (Å²) < 4.78 is 60.8. The third-order valence-corrected chi connectivity index (χ3v) is 14.7. The van der Waals surface area contributed by atoms with Gasteiger partial charge >= 0.3 is 6.01 Å². The van der Waals surface area contributed by atoms with Crippen molar-refractivity contribution in [2.24, 2.45) is 11.8 Å². The molecular formula is C39H42CeF3IN7O4S-. The fraction of sp³-hybridized carbons (Fsp3) is 0.564. The number of aromatic nitrogens is 2. The van der Waals surface area contributed by atoms with Crippen molar-refractivity contribution in [3.05, 3.63) is 33.4 Å². The minimum Gasteiger partial charge on any atom is -0.489 e. The number of thiophene rings is 1. The van der Waals surface area contributed by atoms with E-state index >= 15 is 4.39 Å². The van der Waals surface area contributed by atoms with Crippen LogP contribution in [0.5, 0.6) is 11.8 Å². The number of nitrogens with zero attached hydrogens (tertiary/aromatic N) is 5. The number of nitrogens with two attached hydrogens (primary N) is 1. The molecular weight excluding hydrogens is 987 g/mol. The number of nitrogen functional groups attached to an aromatic ring is 1. The summed E-state index contributed by atoms with van der Waals surface area (Å²) in [6.45, 7) is 4.62. The van der Waals surface area contributed by atoms with Gasteiger partial charge in [0.1, 0.15) is 48.3 Å². The maximum absolute atomic E-state index is 17.5. The first-order valence-electron chi connectivity index (χ1n) is 19.3. The number of halogens is 4. The van der Waals surface area contributed by atoms with Crippen LogP contribution in [0.1, 0.15) is 45.4 Å². The average molecular weight is 1030 g/mol. The van der Waals surface area contributed by atoms with Crippen LogP contribution in [0, 0.1) is 74.9 Å². The number of benzene rings is 2. The first kappa shape index (κ1) is 39.6. The molecule has 1 saturated carbocycles. The number of anilines is 2. The maximum atomic E-state index is 17.5. The first-order valence-corrected chi connectivity index (χ1v) is 21.2. The zero-order valence-electron chi connectivity index (χ0n) is 30.8. The van der Waals surface area contributed by atoms with Gasteiger partial charge in [0.15, 0.2) is 0 Å². The van der Waals surface area contributed by atoms with Crippen LogP contribution < -0.4 is 25.4 Å². The van der Waals surface area contributed by atoms with Crippen LogP contribution in [-0.2, 0) is 4.79 Å². The minimum atomic E-state index is -0.959. The van der Waals surface area contributed by atoms with Gasteiger partial charge in [-0.3, -0.25) is 15.0 Å². The Balaban J connectivity index is 0.00000410. The van der Waals surface area contributed by atoms with Crippen molar-refractivity contribution in [1.29, 1.82) is 0 Å². The average Bonchev–Trinajstić information content (AvgIpc) is 3.99. The number of rotatable bonds is 9. The number of carbonyl (C=O) groups excluding carboxylic acids is 1. The Morgan fingerprint density at radius 2 is 2.07 bits per heavy atom. The van der Waals surface area contributed by atoms with Crippen LogP contribution >= 0.6 is 33.9 Å². The Morgan fingerprint density at radius 1 is 1.25 bits per heavy atom. The van der Waals surface area contributed by atoms with E-state index in [1.807, 2.05) is 9.80 Å². The molecule has 10 rings (SSSR count). The van der Waals surface area contributed by atoms with Crippen LogP contribution in [0.25, 0.3) is 32.1 Å². The summed E-state index contributed by atoms with van der Waals surface area (Å²) in [4.78, 5) is 29.2. The summed E-state index contributed by atoms with van der Waals surface area (Å²) in [7, 11) is 0. The Morgan fingerprint density at radius 3 is 2.86 bits per heavy atom. The summed E-state index contributed by atoms with van der Waals surface area (Å²) in [5.41, 5.74) is 6.06. The monoisotopic (exact) mass is 1030 g/mol. The molecule has 7 heterocycles. The fourth-order valence-corrected chi connectivity index (χ4v) is 11.5. The molecule has 4 N–H and O–H groups in total. The second-order valence-corrected chi connectivity index (χ2v) is 18.5. The van der Waals surface area contributed by atoms with Crippen molar-refractivity contribution in [2.75, 3.05) is 56.6 Å². The van der Waals surface area contributed by atoms with E-state index in [0.717, 1.165) is 37.1 Å². The molecule has 1 amide bonds. The van der Waals surface area contributed by atoms with E-state index in [2.05, 4.69) is 38.9 Å². The number of carbonyl (C=O) groups is 1. The predicted octanol–water partition coefficient (Wildman–Crippen LogP) is 5.28. The van der Waals surface area contributed by atoms with Gasteiger partial charge in [-0.2, -0.15) is 26.7 Å². The van der Waals surface area contributed by atoms with Crippen molar-refractivity contribution in [2.45, 2.75) is 81.4 Å². The number of aliphatic hydroxyl groups is 1. The fourth-order valence-electron chi connectivity index (χ4n) is 9.71. The Bertz CT molecular complexity index is 2230. The summed E-state index contributed by atoms with van der Waals surface area (Å²) in [6, 6.07) is 5.34. The second-order valence-electron chi connectivity index (χ2n) is 16.4. The summed E-state index contributed by atoms with van der Waals surface area (Å²) in [5, 5.41) is 15.6. The summed E-state index contributed by atoms with van der Waals surface area (Å²) in [6.07, 6.45) is 3.31. The molecule has 1 aliphatic carbocycles. The molecule has 7 atom stereocenters. The van der Waals surface area contributed by atoms with Crippen LogP contribution in [0.4, 0.5) is 24.0 Å². The number of aliphatic hydroxyl groups excluding tert-OH is 1. The van der Waals surface area contributed by atoms with Gasteiger partial charge in [-0.15, -0.1) is 17.7 Å². The molecule has 5 aliphatic heterocycles. The predicted molar refractivity (Wildman–Crippen MR) is 211 cm³/mol. The van der Waals surface area contributed by atoms with E-state index in [-0.39, 0.29) is 106 Å². The zero-order valence-corrected chi connectivity index (χ0v) is 36.9. The normalized spacial score (nSPS) is 29.0. The van der Waals surface area contributed by atoms with Crippen molar-refractivity contribution < 1.29 is 74.3 Å². The van der Waals surface area contributed by atoms with E-state index in [1.165, 1.54) is 25.0 Å². The number of alkyl halides is 1. The van der Waals surface area contributed by atoms with Crippen molar-refractivity contribution in [1.82, 2.24) is 25.1 Å². The van der Waals surface area contributed by atoms with Crippen molar-refractivity contribution >= 4 is 71.6 Å². The molecule has 3 unspecified atom stereocenters. The Hall–Kier alpha value is -1.81. The topological polar surface area (TPSA) is 139 Å². The van der Waals surface area contributed by atoms with Crippen LogP contribution in [0.3, 0.4) is 0 Å². The van der Waals surface area contributed by atoms with Crippen LogP contribution in [0.2, 0.25) is 0 Å². The Kier molecular flexibility index (Phi) is 10.6. The van der Waals surface area contributed by atoms with Gasteiger partial charge < -0.3 is 30.1 Å². The molecule has 2 aromatic heterocycles. The number of amides is 1. The number of fused-ring (bicyclic) bond motifs is 2. The number of ether oxygens (including phenoxy) is 2. The van der Waals surface area contributed by atoms with Gasteiger partial charge in [0.2, 0.25) is 5.91 Å². The second kappa shape index (κ2) is 15.0. The molecule has 4 saturated heterocycles. The van der Waals surface area contributed by atoms with E-state index < -0.39 is 35.5 Å². The third kappa shape index (κ3) is 6.76. The maximum Gasteiger partial charge on any atom is 0.319 e. The molecule has 5 fully saturated rings. The number of likely N-dealkylation sites (tertiary alicyclic amines) is 1. The molecule has 0 radical (unpaired) electrons. The van der Waals surface area contributed by atoms with E-state index in [4.69, 9.17) is 25.2 Å². The van der Waals surface area contributed by atoms with Gasteiger partial charge in [0.25, 0.3) is 0 Å². The van der Waals surface area contributed by atoms with Crippen LogP contribution in [-0.4, -0.2) is 113 Å². The van der Waals surface area contributed by atoms with E-state index in [1.54, 1.807) is 6.92 Å².